The minimum Gasteiger partial charge on any atom is -0.375 e. The molecule has 0 unspecified atom stereocenters. The molecule has 2 heterocycles. The van der Waals surface area contributed by atoms with Crippen molar-refractivity contribution in [2.45, 2.75) is 70.7 Å². The second kappa shape index (κ2) is 10.6. The first-order chi connectivity index (χ1) is 16.8. The first-order valence-corrected chi connectivity index (χ1v) is 12.7. The topological polar surface area (TPSA) is 68.6 Å². The number of aromatic nitrogens is 2. The van der Waals surface area contributed by atoms with E-state index in [0.29, 0.717) is 12.6 Å². The van der Waals surface area contributed by atoms with Gasteiger partial charge in [0.25, 0.3) is 0 Å². The molecule has 2 aromatic rings. The van der Waals surface area contributed by atoms with Crippen molar-refractivity contribution in [2.75, 3.05) is 33.4 Å². The molecular formula is C28H40N4O3. The third-order valence-corrected chi connectivity index (χ3v) is 7.76. The Bertz CT molecular complexity index is 1050. The zero-order chi connectivity index (χ0) is 25.2. The Balaban J connectivity index is 1.58. The highest BCUT2D eigenvalue weighted by Crippen LogP contribution is 2.52. The number of fused-ring (bicyclic) bond motifs is 2. The highest BCUT2D eigenvalue weighted by molar-refractivity contribution is 5.78. The molecule has 7 heteroatoms. The summed E-state index contributed by atoms with van der Waals surface area (Å²) in [4.78, 5) is 15.1. The van der Waals surface area contributed by atoms with Crippen LogP contribution < -0.4 is 5.32 Å². The molecule has 1 aliphatic carbocycles. The highest BCUT2D eigenvalue weighted by Gasteiger charge is 2.54. The third-order valence-electron chi connectivity index (χ3n) is 7.76. The fourth-order valence-corrected chi connectivity index (χ4v) is 6.10. The Morgan fingerprint density at radius 2 is 2.00 bits per heavy atom. The molecule has 2 aliphatic rings. The fraction of sp³-hybridized carbons (Fsp3) is 0.571. The van der Waals surface area contributed by atoms with E-state index in [1.807, 2.05) is 6.07 Å². The summed E-state index contributed by atoms with van der Waals surface area (Å²) in [6.45, 7) is 15.8. The zero-order valence-electron chi connectivity index (χ0n) is 21.8. The average molecular weight is 481 g/mol. The number of ether oxygens (including phenoxy) is 2. The molecule has 7 nitrogen and oxygen atoms in total. The van der Waals surface area contributed by atoms with Gasteiger partial charge in [-0.3, -0.25) is 14.4 Å². The summed E-state index contributed by atoms with van der Waals surface area (Å²) in [5, 5.41) is 7.98. The first kappa shape index (κ1) is 25.6. The molecule has 4 rings (SSSR count). The standard InChI is InChI=1S/C28H40N4O3/c1-7-16-35-27-26(29-25(33)18-34-6)22-10-8-9-11-24(22)28(27)12-14-31(15-13-28)17-23-20(4)30-32(19(2)3)21(23)5/h7-11,19,26-27H,1,12-18H2,2-6H3,(H,29,33)/t26-,27+/m1/s1. The van der Waals surface area contributed by atoms with Crippen molar-refractivity contribution in [1.82, 2.24) is 20.0 Å². The maximum Gasteiger partial charge on any atom is 0.246 e. The molecule has 2 atom stereocenters. The Labute approximate surface area is 209 Å². The van der Waals surface area contributed by atoms with E-state index in [1.54, 1.807) is 13.2 Å². The summed E-state index contributed by atoms with van der Waals surface area (Å²) in [5.74, 6) is -0.123. The van der Waals surface area contributed by atoms with Crippen molar-refractivity contribution in [3.8, 4) is 0 Å². The molecule has 190 valence electrons. The number of nitrogens with one attached hydrogen (secondary N) is 1. The first-order valence-electron chi connectivity index (χ1n) is 12.7. The van der Waals surface area contributed by atoms with Gasteiger partial charge >= 0.3 is 0 Å². The van der Waals surface area contributed by atoms with Gasteiger partial charge in [0, 0.05) is 36.4 Å². The normalized spacial score (nSPS) is 21.4. The number of carbonyl (C=O) groups is 1. The zero-order valence-corrected chi connectivity index (χ0v) is 21.8. The molecule has 1 fully saturated rings. The molecular weight excluding hydrogens is 440 g/mol. The lowest BCUT2D eigenvalue weighted by atomic mass is 9.71. The predicted molar refractivity (Wildman–Crippen MR) is 137 cm³/mol. The molecule has 0 bridgehead atoms. The summed E-state index contributed by atoms with van der Waals surface area (Å²) in [7, 11) is 1.54. The van der Waals surface area contributed by atoms with E-state index >= 15 is 0 Å². The van der Waals surface area contributed by atoms with Crippen LogP contribution in [0.4, 0.5) is 0 Å². The lowest BCUT2D eigenvalue weighted by molar-refractivity contribution is -0.127. The van der Waals surface area contributed by atoms with Crippen LogP contribution in [0.5, 0.6) is 0 Å². The fourth-order valence-electron chi connectivity index (χ4n) is 6.10. The van der Waals surface area contributed by atoms with Gasteiger partial charge in [0.1, 0.15) is 6.61 Å². The number of carbonyl (C=O) groups excluding carboxylic acids is 1. The molecule has 1 N–H and O–H groups in total. The van der Waals surface area contributed by atoms with Crippen molar-refractivity contribution in [1.29, 1.82) is 0 Å². The van der Waals surface area contributed by atoms with Crippen LogP contribution in [0.3, 0.4) is 0 Å². The van der Waals surface area contributed by atoms with Crippen LogP contribution in [-0.2, 0) is 26.2 Å². The number of hydrogen-bond donors (Lipinski definition) is 1. The lowest BCUT2D eigenvalue weighted by Gasteiger charge is -2.44. The summed E-state index contributed by atoms with van der Waals surface area (Å²) in [6, 6.07) is 8.66. The number of piperidine rings is 1. The van der Waals surface area contributed by atoms with Crippen LogP contribution in [0, 0.1) is 13.8 Å². The molecule has 1 aromatic carbocycles. The molecule has 0 saturated carbocycles. The number of benzene rings is 1. The van der Waals surface area contributed by atoms with Crippen molar-refractivity contribution in [3.05, 3.63) is 65.0 Å². The van der Waals surface area contributed by atoms with E-state index in [0.717, 1.165) is 43.7 Å². The van der Waals surface area contributed by atoms with Crippen LogP contribution in [-0.4, -0.2) is 60.1 Å². The number of nitrogens with zero attached hydrogens (tertiary/aromatic N) is 3. The lowest BCUT2D eigenvalue weighted by Crippen LogP contribution is -2.51. The Hall–Kier alpha value is -2.48. The predicted octanol–water partition coefficient (Wildman–Crippen LogP) is 4.00. The molecule has 1 amide bonds. The van der Waals surface area contributed by atoms with Crippen molar-refractivity contribution in [3.63, 3.8) is 0 Å². The van der Waals surface area contributed by atoms with E-state index in [1.165, 1.54) is 16.8 Å². The average Bonchev–Trinajstić information content (AvgIpc) is 3.26. The summed E-state index contributed by atoms with van der Waals surface area (Å²) < 4.78 is 13.6. The van der Waals surface area contributed by atoms with Crippen LogP contribution in [0.1, 0.15) is 66.9 Å². The third kappa shape index (κ3) is 4.82. The quantitative estimate of drug-likeness (QED) is 0.550. The van der Waals surface area contributed by atoms with Gasteiger partial charge in [-0.25, -0.2) is 0 Å². The second-order valence-corrected chi connectivity index (χ2v) is 10.2. The van der Waals surface area contributed by atoms with Gasteiger partial charge in [0.15, 0.2) is 0 Å². The van der Waals surface area contributed by atoms with Crippen molar-refractivity contribution < 1.29 is 14.3 Å². The van der Waals surface area contributed by atoms with E-state index in [-0.39, 0.29) is 30.1 Å². The summed E-state index contributed by atoms with van der Waals surface area (Å²) in [5.41, 5.74) is 6.03. The molecule has 1 spiro atoms. The maximum absolute atomic E-state index is 12.5. The van der Waals surface area contributed by atoms with Gasteiger partial charge < -0.3 is 14.8 Å². The minimum absolute atomic E-state index is 0.0381. The van der Waals surface area contributed by atoms with Gasteiger partial charge in [-0.05, 0) is 64.8 Å². The molecule has 1 aromatic heterocycles. The highest BCUT2D eigenvalue weighted by atomic mass is 16.5. The number of hydrogen-bond acceptors (Lipinski definition) is 5. The maximum atomic E-state index is 12.5. The summed E-state index contributed by atoms with van der Waals surface area (Å²) in [6.07, 6.45) is 3.59. The van der Waals surface area contributed by atoms with Gasteiger partial charge in [-0.2, -0.15) is 5.10 Å². The van der Waals surface area contributed by atoms with E-state index in [9.17, 15) is 4.79 Å². The number of amides is 1. The number of methoxy groups -OCH3 is 1. The smallest absolute Gasteiger partial charge is 0.246 e. The SMILES string of the molecule is C=CCO[C@H]1[C@H](NC(=O)COC)c2ccccc2C12CCN(Cc1c(C)nn(C(C)C)c1C)CC2. The Kier molecular flexibility index (Phi) is 7.79. The van der Waals surface area contributed by atoms with Gasteiger partial charge in [-0.15, -0.1) is 6.58 Å². The molecule has 35 heavy (non-hydrogen) atoms. The van der Waals surface area contributed by atoms with Crippen molar-refractivity contribution in [2.24, 2.45) is 0 Å². The largest absolute Gasteiger partial charge is 0.375 e. The van der Waals surface area contributed by atoms with Crippen LogP contribution in [0.15, 0.2) is 36.9 Å². The van der Waals surface area contributed by atoms with Crippen molar-refractivity contribution >= 4 is 5.91 Å². The van der Waals surface area contributed by atoms with E-state index in [2.05, 4.69) is 67.4 Å². The van der Waals surface area contributed by atoms with Crippen LogP contribution in [0.25, 0.3) is 0 Å². The summed E-state index contributed by atoms with van der Waals surface area (Å²) >= 11 is 0. The minimum atomic E-state index is -0.200. The number of aryl methyl sites for hydroxylation is 1. The molecule has 0 radical (unpaired) electrons. The van der Waals surface area contributed by atoms with Crippen LogP contribution >= 0.6 is 0 Å². The van der Waals surface area contributed by atoms with E-state index < -0.39 is 0 Å². The molecule has 1 saturated heterocycles. The van der Waals surface area contributed by atoms with Gasteiger partial charge in [0.2, 0.25) is 5.91 Å². The number of rotatable bonds is 9. The van der Waals surface area contributed by atoms with E-state index in [4.69, 9.17) is 14.6 Å². The van der Waals surface area contributed by atoms with Gasteiger partial charge in [0.05, 0.1) is 24.4 Å². The Morgan fingerprint density at radius 1 is 1.29 bits per heavy atom. The Morgan fingerprint density at radius 3 is 2.63 bits per heavy atom. The van der Waals surface area contributed by atoms with Crippen LogP contribution in [0.2, 0.25) is 0 Å². The monoisotopic (exact) mass is 480 g/mol. The van der Waals surface area contributed by atoms with Gasteiger partial charge in [-0.1, -0.05) is 30.3 Å². The number of likely N-dealkylation sites (tertiary alicyclic amines) is 1. The second-order valence-electron chi connectivity index (χ2n) is 10.2. The molecule has 1 aliphatic heterocycles.